The van der Waals surface area contributed by atoms with Crippen LogP contribution < -0.4 is 0 Å². The summed E-state index contributed by atoms with van der Waals surface area (Å²) in [6, 6.07) is 6.59. The third-order valence-corrected chi connectivity index (χ3v) is 4.73. The quantitative estimate of drug-likeness (QED) is 0.794. The highest BCUT2D eigenvalue weighted by Gasteiger charge is 2.28. The zero-order valence-corrected chi connectivity index (χ0v) is 11.9. The molecule has 2 aliphatic rings. The predicted molar refractivity (Wildman–Crippen MR) is 75.7 cm³/mol. The molecular weight excluding hydrogens is 252 g/mol. The Kier molecular flexibility index (Phi) is 3.60. The van der Waals surface area contributed by atoms with Crippen molar-refractivity contribution in [2.45, 2.75) is 50.4 Å². The number of Topliss-reactive ketones (excluding diaryl/α,β-unsaturated/α-hetero) is 1. The lowest BCUT2D eigenvalue weighted by Crippen LogP contribution is -2.07. The lowest BCUT2D eigenvalue weighted by molar-refractivity contribution is -0.141. The maximum Gasteiger partial charge on any atom is 0.306 e. The fourth-order valence-corrected chi connectivity index (χ4v) is 3.56. The molecule has 0 heterocycles. The Morgan fingerprint density at radius 3 is 2.85 bits per heavy atom. The van der Waals surface area contributed by atoms with Crippen molar-refractivity contribution < 1.29 is 14.3 Å². The third kappa shape index (κ3) is 2.49. The highest BCUT2D eigenvalue weighted by Crippen LogP contribution is 2.39. The van der Waals surface area contributed by atoms with Crippen LogP contribution in [0.1, 0.15) is 60.6 Å². The summed E-state index contributed by atoms with van der Waals surface area (Å²) >= 11 is 0. The molecule has 0 radical (unpaired) electrons. The Morgan fingerprint density at radius 1 is 1.30 bits per heavy atom. The van der Waals surface area contributed by atoms with Gasteiger partial charge in [0.15, 0.2) is 0 Å². The van der Waals surface area contributed by atoms with Gasteiger partial charge in [0, 0.05) is 12.8 Å². The van der Waals surface area contributed by atoms with Crippen molar-refractivity contribution in [1.82, 2.24) is 0 Å². The van der Waals surface area contributed by atoms with Gasteiger partial charge in [-0.2, -0.15) is 0 Å². The number of carbonyl (C=O) groups excluding carboxylic acids is 2. The van der Waals surface area contributed by atoms with E-state index in [1.165, 1.54) is 23.8 Å². The topological polar surface area (TPSA) is 43.4 Å². The van der Waals surface area contributed by atoms with Crippen molar-refractivity contribution in [3.05, 3.63) is 34.9 Å². The van der Waals surface area contributed by atoms with E-state index in [9.17, 15) is 9.59 Å². The SMILES string of the molecule is COC(=O)C[C@@H]1CCc2ccc(C3CCC(=O)C3)cc21. The van der Waals surface area contributed by atoms with Crippen LogP contribution in [-0.2, 0) is 20.7 Å². The maximum absolute atomic E-state index is 11.5. The molecular formula is C17H20O3. The molecule has 0 N–H and O–H groups in total. The average Bonchev–Trinajstić information content (AvgIpc) is 3.05. The van der Waals surface area contributed by atoms with Gasteiger partial charge in [-0.1, -0.05) is 18.2 Å². The Hall–Kier alpha value is -1.64. The third-order valence-electron chi connectivity index (χ3n) is 4.73. The number of ether oxygens (including phenoxy) is 1. The van der Waals surface area contributed by atoms with Gasteiger partial charge in [-0.05, 0) is 47.8 Å². The fraction of sp³-hybridized carbons (Fsp3) is 0.529. The van der Waals surface area contributed by atoms with E-state index in [2.05, 4.69) is 18.2 Å². The number of fused-ring (bicyclic) bond motifs is 1. The second-order valence-corrected chi connectivity index (χ2v) is 5.95. The van der Waals surface area contributed by atoms with Gasteiger partial charge in [0.2, 0.25) is 0 Å². The molecule has 1 aromatic rings. The van der Waals surface area contributed by atoms with Crippen LogP contribution in [0.15, 0.2) is 18.2 Å². The molecule has 3 heteroatoms. The van der Waals surface area contributed by atoms with Crippen LogP contribution >= 0.6 is 0 Å². The lowest BCUT2D eigenvalue weighted by Gasteiger charge is -2.14. The van der Waals surface area contributed by atoms with Crippen LogP contribution in [0.3, 0.4) is 0 Å². The van der Waals surface area contributed by atoms with Gasteiger partial charge in [0.1, 0.15) is 5.78 Å². The first kappa shape index (κ1) is 13.3. The predicted octanol–water partition coefficient (Wildman–Crippen LogP) is 3.12. The molecule has 2 atom stereocenters. The van der Waals surface area contributed by atoms with E-state index in [0.717, 1.165) is 19.3 Å². The van der Waals surface area contributed by atoms with Gasteiger partial charge in [0.05, 0.1) is 13.5 Å². The Labute approximate surface area is 119 Å². The van der Waals surface area contributed by atoms with Crippen LogP contribution in [0.5, 0.6) is 0 Å². The number of ketones is 1. The highest BCUT2D eigenvalue weighted by molar-refractivity contribution is 5.81. The Balaban J connectivity index is 1.82. The van der Waals surface area contributed by atoms with Crippen molar-refractivity contribution >= 4 is 11.8 Å². The summed E-state index contributed by atoms with van der Waals surface area (Å²) in [5, 5.41) is 0. The minimum Gasteiger partial charge on any atom is -0.469 e. The Morgan fingerprint density at radius 2 is 2.15 bits per heavy atom. The number of methoxy groups -OCH3 is 1. The molecule has 2 aliphatic carbocycles. The summed E-state index contributed by atoms with van der Waals surface area (Å²) in [7, 11) is 1.44. The number of rotatable bonds is 3. The van der Waals surface area contributed by atoms with Gasteiger partial charge in [0.25, 0.3) is 0 Å². The van der Waals surface area contributed by atoms with Crippen LogP contribution in [0.2, 0.25) is 0 Å². The second-order valence-electron chi connectivity index (χ2n) is 5.95. The second kappa shape index (κ2) is 5.39. The van der Waals surface area contributed by atoms with Gasteiger partial charge in [-0.3, -0.25) is 9.59 Å². The van der Waals surface area contributed by atoms with E-state index in [1.807, 2.05) is 0 Å². The number of esters is 1. The van der Waals surface area contributed by atoms with Crippen LogP contribution in [-0.4, -0.2) is 18.9 Å². The number of aryl methyl sites for hydroxylation is 1. The first-order chi connectivity index (χ1) is 9.67. The maximum atomic E-state index is 11.5. The number of hydrogen-bond donors (Lipinski definition) is 0. The van der Waals surface area contributed by atoms with E-state index < -0.39 is 0 Å². The summed E-state index contributed by atoms with van der Waals surface area (Å²) in [5.41, 5.74) is 3.92. The van der Waals surface area contributed by atoms with E-state index in [0.29, 0.717) is 31.0 Å². The average molecular weight is 272 g/mol. The monoisotopic (exact) mass is 272 g/mol. The first-order valence-corrected chi connectivity index (χ1v) is 7.38. The molecule has 0 bridgehead atoms. The molecule has 3 rings (SSSR count). The van der Waals surface area contributed by atoms with Crippen LogP contribution in [0.25, 0.3) is 0 Å². The lowest BCUT2D eigenvalue weighted by atomic mass is 9.91. The molecule has 106 valence electrons. The summed E-state index contributed by atoms with van der Waals surface area (Å²) in [4.78, 5) is 22.9. The van der Waals surface area contributed by atoms with Gasteiger partial charge in [-0.25, -0.2) is 0 Å². The molecule has 0 saturated heterocycles. The molecule has 20 heavy (non-hydrogen) atoms. The molecule has 1 saturated carbocycles. The Bertz CT molecular complexity index is 547. The fourth-order valence-electron chi connectivity index (χ4n) is 3.56. The van der Waals surface area contributed by atoms with E-state index in [1.54, 1.807) is 0 Å². The standard InChI is InChI=1S/C17H20O3/c1-20-17(19)10-14-5-3-11-2-4-13(9-16(11)14)12-6-7-15(18)8-12/h2,4,9,12,14H,3,5-8,10H2,1H3/t12?,14-/m0/s1. The molecule has 1 aromatic carbocycles. The summed E-state index contributed by atoms with van der Waals surface area (Å²) in [6.07, 6.45) is 4.90. The van der Waals surface area contributed by atoms with Crippen molar-refractivity contribution in [2.24, 2.45) is 0 Å². The minimum absolute atomic E-state index is 0.135. The van der Waals surface area contributed by atoms with Gasteiger partial charge < -0.3 is 4.74 Å². The smallest absolute Gasteiger partial charge is 0.306 e. The molecule has 0 amide bonds. The molecule has 0 aliphatic heterocycles. The van der Waals surface area contributed by atoms with Crippen LogP contribution in [0, 0.1) is 0 Å². The van der Waals surface area contributed by atoms with E-state index >= 15 is 0 Å². The largest absolute Gasteiger partial charge is 0.469 e. The zero-order chi connectivity index (χ0) is 14.1. The molecule has 1 fully saturated rings. The van der Waals surface area contributed by atoms with Crippen molar-refractivity contribution in [3.63, 3.8) is 0 Å². The van der Waals surface area contributed by atoms with Crippen molar-refractivity contribution in [2.75, 3.05) is 7.11 Å². The van der Waals surface area contributed by atoms with Crippen molar-refractivity contribution in [3.8, 4) is 0 Å². The van der Waals surface area contributed by atoms with E-state index in [-0.39, 0.29) is 11.9 Å². The molecule has 0 spiro atoms. The molecule has 0 aromatic heterocycles. The van der Waals surface area contributed by atoms with Gasteiger partial charge >= 0.3 is 5.97 Å². The highest BCUT2D eigenvalue weighted by atomic mass is 16.5. The van der Waals surface area contributed by atoms with Gasteiger partial charge in [-0.15, -0.1) is 0 Å². The number of carbonyl (C=O) groups is 2. The molecule has 1 unspecified atom stereocenters. The summed E-state index contributed by atoms with van der Waals surface area (Å²) < 4.78 is 4.79. The summed E-state index contributed by atoms with van der Waals surface area (Å²) in [6.45, 7) is 0. The van der Waals surface area contributed by atoms with Crippen LogP contribution in [0.4, 0.5) is 0 Å². The normalized spacial score (nSPS) is 24.8. The zero-order valence-electron chi connectivity index (χ0n) is 11.9. The summed E-state index contributed by atoms with van der Waals surface area (Å²) in [5.74, 6) is 0.910. The minimum atomic E-state index is -0.135. The number of benzene rings is 1. The number of hydrogen-bond acceptors (Lipinski definition) is 3. The van der Waals surface area contributed by atoms with E-state index in [4.69, 9.17) is 4.74 Å². The van der Waals surface area contributed by atoms with Crippen molar-refractivity contribution in [1.29, 1.82) is 0 Å². The molecule has 3 nitrogen and oxygen atoms in total. The first-order valence-electron chi connectivity index (χ1n) is 7.38.